The van der Waals surface area contributed by atoms with Crippen LogP contribution in [0.2, 0.25) is 0 Å². The van der Waals surface area contributed by atoms with Gasteiger partial charge < -0.3 is 16.3 Å². The molecule has 13 heavy (non-hydrogen) atoms. The smallest absolute Gasteiger partial charge is 0.159 e. The van der Waals surface area contributed by atoms with Gasteiger partial charge in [0.05, 0.1) is 5.54 Å². The molecule has 0 spiro atoms. The lowest BCUT2D eigenvalue weighted by molar-refractivity contribution is 0.150. The van der Waals surface area contributed by atoms with Crippen LogP contribution < -0.4 is 11.1 Å². The summed E-state index contributed by atoms with van der Waals surface area (Å²) in [5.41, 5.74) is 5.27. The summed E-state index contributed by atoms with van der Waals surface area (Å²) >= 11 is 0. The van der Waals surface area contributed by atoms with Crippen molar-refractivity contribution < 1.29 is 5.21 Å². The average molecular weight is 186 g/mol. The van der Waals surface area contributed by atoms with E-state index < -0.39 is 0 Å². The Balaban J connectivity index is 2.66. The first-order chi connectivity index (χ1) is 6.09. The maximum atomic E-state index is 8.62. The predicted molar refractivity (Wildman–Crippen MR) is 51.9 cm³/mol. The number of oxime groups is 1. The van der Waals surface area contributed by atoms with Gasteiger partial charge in [0.2, 0.25) is 0 Å². The molecule has 1 aliphatic heterocycles. The molecule has 0 unspecified atom stereocenters. The predicted octanol–water partition coefficient (Wildman–Crippen LogP) is -0.583. The van der Waals surface area contributed by atoms with E-state index in [0.29, 0.717) is 0 Å². The lowest BCUT2D eigenvalue weighted by Crippen LogP contribution is -2.59. The summed E-state index contributed by atoms with van der Waals surface area (Å²) in [5.74, 6) is 0.273. The highest BCUT2D eigenvalue weighted by molar-refractivity contribution is 5.88. The minimum absolute atomic E-state index is 0.273. The molecule has 4 N–H and O–H groups in total. The fraction of sp³-hybridized carbons (Fsp3) is 0.875. The molecule has 0 saturated carbocycles. The number of nitrogens with zero attached hydrogens (tertiary/aromatic N) is 2. The van der Waals surface area contributed by atoms with Gasteiger partial charge in [0.25, 0.3) is 0 Å². The first-order valence-electron chi connectivity index (χ1n) is 4.53. The molecule has 0 radical (unpaired) electrons. The topological polar surface area (TPSA) is 73.9 Å². The molecular weight excluding hydrogens is 168 g/mol. The number of nitrogens with two attached hydrogens (primary N) is 1. The third kappa shape index (κ3) is 2.10. The van der Waals surface area contributed by atoms with Crippen LogP contribution in [0, 0.1) is 0 Å². The Bertz CT molecular complexity index is 196. The van der Waals surface area contributed by atoms with Crippen molar-refractivity contribution in [3.8, 4) is 0 Å². The number of piperazine rings is 1. The zero-order valence-electron chi connectivity index (χ0n) is 8.25. The van der Waals surface area contributed by atoms with Crippen LogP contribution in [0.15, 0.2) is 5.16 Å². The second-order valence-electron chi connectivity index (χ2n) is 3.78. The van der Waals surface area contributed by atoms with Crippen LogP contribution in [0.4, 0.5) is 0 Å². The number of amidine groups is 1. The van der Waals surface area contributed by atoms with Gasteiger partial charge in [-0.05, 0) is 13.8 Å². The molecule has 1 saturated heterocycles. The fourth-order valence-corrected chi connectivity index (χ4v) is 1.51. The summed E-state index contributed by atoms with van der Waals surface area (Å²) in [6.07, 6.45) is 0. The van der Waals surface area contributed by atoms with Crippen molar-refractivity contribution in [3.05, 3.63) is 0 Å². The van der Waals surface area contributed by atoms with Crippen molar-refractivity contribution in [3.63, 3.8) is 0 Å². The minimum atomic E-state index is -0.350. The molecule has 0 bridgehead atoms. The standard InChI is InChI=1S/C8H18N4O/c1-8(2,7(9)11-13)12-5-3-10-4-6-12/h10,13H,3-6H2,1-2H3,(H2,9,11). The van der Waals surface area contributed by atoms with Gasteiger partial charge in [-0.25, -0.2) is 0 Å². The molecule has 5 nitrogen and oxygen atoms in total. The molecule has 0 aromatic carbocycles. The molecule has 1 fully saturated rings. The summed E-state index contributed by atoms with van der Waals surface area (Å²) in [5, 5.41) is 14.9. The van der Waals surface area contributed by atoms with Gasteiger partial charge in [-0.15, -0.1) is 0 Å². The lowest BCUT2D eigenvalue weighted by atomic mass is 10.0. The Morgan fingerprint density at radius 2 is 2.00 bits per heavy atom. The van der Waals surface area contributed by atoms with E-state index in [1.165, 1.54) is 0 Å². The second-order valence-corrected chi connectivity index (χ2v) is 3.78. The Labute approximate surface area is 78.6 Å². The first kappa shape index (κ1) is 10.3. The zero-order valence-corrected chi connectivity index (χ0v) is 8.25. The summed E-state index contributed by atoms with van der Waals surface area (Å²) in [6, 6.07) is 0. The monoisotopic (exact) mass is 186 g/mol. The molecule has 0 aromatic rings. The third-order valence-corrected chi connectivity index (χ3v) is 2.64. The maximum Gasteiger partial charge on any atom is 0.159 e. The third-order valence-electron chi connectivity index (χ3n) is 2.64. The van der Waals surface area contributed by atoms with Gasteiger partial charge >= 0.3 is 0 Å². The van der Waals surface area contributed by atoms with E-state index in [9.17, 15) is 0 Å². The number of nitrogens with one attached hydrogen (secondary N) is 1. The fourth-order valence-electron chi connectivity index (χ4n) is 1.51. The highest BCUT2D eigenvalue weighted by Gasteiger charge is 2.31. The highest BCUT2D eigenvalue weighted by Crippen LogP contribution is 2.14. The molecule has 0 amide bonds. The largest absolute Gasteiger partial charge is 0.409 e. The van der Waals surface area contributed by atoms with Crippen molar-refractivity contribution in [1.29, 1.82) is 0 Å². The Hall–Kier alpha value is -0.810. The lowest BCUT2D eigenvalue weighted by Gasteiger charge is -2.39. The summed E-state index contributed by atoms with van der Waals surface area (Å²) in [4.78, 5) is 2.21. The van der Waals surface area contributed by atoms with Crippen LogP contribution in [-0.2, 0) is 0 Å². The van der Waals surface area contributed by atoms with E-state index in [0.717, 1.165) is 26.2 Å². The Morgan fingerprint density at radius 3 is 2.46 bits per heavy atom. The van der Waals surface area contributed by atoms with Crippen LogP contribution in [-0.4, -0.2) is 47.7 Å². The van der Waals surface area contributed by atoms with E-state index in [4.69, 9.17) is 10.9 Å². The molecule has 1 rings (SSSR count). The summed E-state index contributed by atoms with van der Waals surface area (Å²) in [6.45, 7) is 7.72. The van der Waals surface area contributed by atoms with Gasteiger partial charge in [-0.1, -0.05) is 5.16 Å². The maximum absolute atomic E-state index is 8.62. The van der Waals surface area contributed by atoms with Crippen LogP contribution in [0.25, 0.3) is 0 Å². The zero-order chi connectivity index (χ0) is 9.90. The molecular formula is C8H18N4O. The van der Waals surface area contributed by atoms with Crippen molar-refractivity contribution in [1.82, 2.24) is 10.2 Å². The average Bonchev–Trinajstić information content (AvgIpc) is 2.18. The number of rotatable bonds is 2. The molecule has 0 atom stereocenters. The van der Waals surface area contributed by atoms with Crippen molar-refractivity contribution in [2.75, 3.05) is 26.2 Å². The Morgan fingerprint density at radius 1 is 1.46 bits per heavy atom. The number of hydrogen-bond acceptors (Lipinski definition) is 4. The highest BCUT2D eigenvalue weighted by atomic mass is 16.4. The molecule has 1 heterocycles. The second kappa shape index (κ2) is 3.93. The van der Waals surface area contributed by atoms with Gasteiger partial charge in [0.15, 0.2) is 5.84 Å². The van der Waals surface area contributed by atoms with Crippen LogP contribution in [0.3, 0.4) is 0 Å². The molecule has 0 aliphatic carbocycles. The molecule has 1 aliphatic rings. The van der Waals surface area contributed by atoms with Crippen LogP contribution >= 0.6 is 0 Å². The molecule has 76 valence electrons. The Kier molecular flexibility index (Phi) is 3.11. The SMILES string of the molecule is CC(C)(/C(N)=N/O)N1CCNCC1. The molecule has 0 aromatic heterocycles. The van der Waals surface area contributed by atoms with Crippen LogP contribution in [0.1, 0.15) is 13.8 Å². The van der Waals surface area contributed by atoms with Crippen molar-refractivity contribution >= 4 is 5.84 Å². The van der Waals surface area contributed by atoms with Gasteiger partial charge in [0, 0.05) is 26.2 Å². The van der Waals surface area contributed by atoms with E-state index >= 15 is 0 Å². The first-order valence-corrected chi connectivity index (χ1v) is 4.53. The van der Waals surface area contributed by atoms with E-state index in [-0.39, 0.29) is 11.4 Å². The summed E-state index contributed by atoms with van der Waals surface area (Å²) in [7, 11) is 0. The van der Waals surface area contributed by atoms with Gasteiger partial charge in [0.1, 0.15) is 0 Å². The number of hydrogen-bond donors (Lipinski definition) is 3. The normalized spacial score (nSPS) is 21.8. The van der Waals surface area contributed by atoms with E-state index in [1.807, 2.05) is 13.8 Å². The van der Waals surface area contributed by atoms with Gasteiger partial charge in [-0.2, -0.15) is 0 Å². The summed E-state index contributed by atoms with van der Waals surface area (Å²) < 4.78 is 0. The molecule has 5 heteroatoms. The van der Waals surface area contributed by atoms with Crippen molar-refractivity contribution in [2.24, 2.45) is 10.9 Å². The quantitative estimate of drug-likeness (QED) is 0.233. The van der Waals surface area contributed by atoms with E-state index in [1.54, 1.807) is 0 Å². The minimum Gasteiger partial charge on any atom is -0.409 e. The van der Waals surface area contributed by atoms with Crippen LogP contribution in [0.5, 0.6) is 0 Å². The van der Waals surface area contributed by atoms with Crippen molar-refractivity contribution in [2.45, 2.75) is 19.4 Å². The van der Waals surface area contributed by atoms with E-state index in [2.05, 4.69) is 15.4 Å². The van der Waals surface area contributed by atoms with Gasteiger partial charge in [-0.3, -0.25) is 4.90 Å².